The number of aliphatic hydroxyl groups is 1. The number of pyridine rings is 1. The van der Waals surface area contributed by atoms with Gasteiger partial charge in [-0.25, -0.2) is 4.98 Å². The lowest BCUT2D eigenvalue weighted by Gasteiger charge is -2.20. The van der Waals surface area contributed by atoms with Gasteiger partial charge in [0.2, 0.25) is 0 Å². The van der Waals surface area contributed by atoms with Crippen molar-refractivity contribution in [2.75, 3.05) is 5.73 Å². The van der Waals surface area contributed by atoms with Gasteiger partial charge in [0.1, 0.15) is 23.0 Å². The molecular weight excluding hydrogens is 487 g/mol. The average molecular weight is 505 g/mol. The van der Waals surface area contributed by atoms with Gasteiger partial charge in [0, 0.05) is 33.6 Å². The molecule has 1 aliphatic rings. The van der Waals surface area contributed by atoms with Gasteiger partial charge in [0.15, 0.2) is 5.60 Å². The van der Waals surface area contributed by atoms with Crippen LogP contribution in [0.1, 0.15) is 23.5 Å². The standard InChI is InChI=1S/C24H18Cl2N8O/c25-16-3-6-19(34-12-29-32-33-34)18(10-16)15-9-14-7-8-24(35,21(14)28-11-15)23-30-20(22(26)31-23)13-1-4-17(27)5-2-13/h1-6,9-12,35H,7-8,27H2,(H,30,31)/t24-/m0/s1. The summed E-state index contributed by atoms with van der Waals surface area (Å²) in [5, 5.41) is 24.0. The molecule has 2 aromatic carbocycles. The number of halogens is 2. The minimum absolute atomic E-state index is 0.341. The maximum Gasteiger partial charge on any atom is 0.164 e. The number of H-pyrrole nitrogens is 1. The first-order valence-corrected chi connectivity index (χ1v) is 11.5. The number of nitrogens with two attached hydrogens (primary N) is 1. The zero-order valence-electron chi connectivity index (χ0n) is 18.2. The van der Waals surface area contributed by atoms with E-state index >= 15 is 0 Å². The van der Waals surface area contributed by atoms with Gasteiger partial charge in [-0.1, -0.05) is 35.3 Å². The molecule has 0 saturated heterocycles. The molecule has 0 amide bonds. The second-order valence-corrected chi connectivity index (χ2v) is 9.19. The van der Waals surface area contributed by atoms with Crippen molar-refractivity contribution in [3.05, 3.63) is 88.3 Å². The Hall–Kier alpha value is -3.79. The summed E-state index contributed by atoms with van der Waals surface area (Å²) in [6.45, 7) is 0. The fourth-order valence-electron chi connectivity index (χ4n) is 4.48. The lowest BCUT2D eigenvalue weighted by Crippen LogP contribution is -2.26. The highest BCUT2D eigenvalue weighted by molar-refractivity contribution is 6.32. The Bertz CT molecular complexity index is 1550. The van der Waals surface area contributed by atoms with Crippen LogP contribution in [0.4, 0.5) is 5.69 Å². The number of rotatable bonds is 4. The Balaban J connectivity index is 1.40. The lowest BCUT2D eigenvalue weighted by atomic mass is 9.98. The maximum absolute atomic E-state index is 11.7. The lowest BCUT2D eigenvalue weighted by molar-refractivity contribution is 0.0701. The maximum atomic E-state index is 11.7. The van der Waals surface area contributed by atoms with Crippen LogP contribution in [0.3, 0.4) is 0 Å². The van der Waals surface area contributed by atoms with Crippen molar-refractivity contribution >= 4 is 28.9 Å². The minimum Gasteiger partial charge on any atom is -0.399 e. The Kier molecular flexibility index (Phi) is 5.06. The molecule has 1 aliphatic carbocycles. The molecule has 4 N–H and O–H groups in total. The van der Waals surface area contributed by atoms with Gasteiger partial charge in [-0.15, -0.1) is 5.10 Å². The highest BCUT2D eigenvalue weighted by Crippen LogP contribution is 2.43. The monoisotopic (exact) mass is 504 g/mol. The summed E-state index contributed by atoms with van der Waals surface area (Å²) in [5.41, 5.74) is 10.3. The van der Waals surface area contributed by atoms with Gasteiger partial charge in [0.25, 0.3) is 0 Å². The Morgan fingerprint density at radius 1 is 1.06 bits per heavy atom. The van der Waals surface area contributed by atoms with Crippen LogP contribution >= 0.6 is 23.2 Å². The molecule has 0 radical (unpaired) electrons. The Morgan fingerprint density at radius 2 is 1.89 bits per heavy atom. The van der Waals surface area contributed by atoms with Gasteiger partial charge in [-0.05, 0) is 65.2 Å². The zero-order chi connectivity index (χ0) is 24.2. The molecule has 9 nitrogen and oxygen atoms in total. The number of aromatic amines is 1. The number of hydrogen-bond donors (Lipinski definition) is 3. The van der Waals surface area contributed by atoms with E-state index in [4.69, 9.17) is 28.9 Å². The predicted octanol–water partition coefficient (Wildman–Crippen LogP) is 4.19. The van der Waals surface area contributed by atoms with Crippen LogP contribution in [0.15, 0.2) is 61.1 Å². The molecule has 0 spiro atoms. The summed E-state index contributed by atoms with van der Waals surface area (Å²) in [4.78, 5) is 12.4. The Morgan fingerprint density at radius 3 is 2.66 bits per heavy atom. The van der Waals surface area contributed by atoms with Gasteiger partial charge < -0.3 is 15.8 Å². The number of fused-ring (bicyclic) bond motifs is 1. The number of tetrazole rings is 1. The van der Waals surface area contributed by atoms with E-state index in [0.717, 1.165) is 27.9 Å². The third-order valence-corrected chi connectivity index (χ3v) is 6.72. The van der Waals surface area contributed by atoms with E-state index in [-0.39, 0.29) is 0 Å². The topological polar surface area (TPSA) is 131 Å². The van der Waals surface area contributed by atoms with Crippen molar-refractivity contribution < 1.29 is 5.11 Å². The molecule has 0 bridgehead atoms. The number of aryl methyl sites for hydroxylation is 1. The molecule has 35 heavy (non-hydrogen) atoms. The van der Waals surface area contributed by atoms with Gasteiger partial charge >= 0.3 is 0 Å². The summed E-state index contributed by atoms with van der Waals surface area (Å²) in [6.07, 6.45) is 4.26. The second-order valence-electron chi connectivity index (χ2n) is 8.38. The van der Waals surface area contributed by atoms with Gasteiger partial charge in [-0.3, -0.25) is 4.98 Å². The van der Waals surface area contributed by atoms with Gasteiger partial charge in [0.05, 0.1) is 11.4 Å². The van der Waals surface area contributed by atoms with E-state index in [1.165, 1.54) is 6.33 Å². The highest BCUT2D eigenvalue weighted by atomic mass is 35.5. The first-order valence-electron chi connectivity index (χ1n) is 10.8. The van der Waals surface area contributed by atoms with Crippen LogP contribution in [0, 0.1) is 0 Å². The number of aromatic nitrogens is 7. The summed E-state index contributed by atoms with van der Waals surface area (Å²) >= 11 is 12.8. The molecule has 0 fully saturated rings. The van der Waals surface area contributed by atoms with Crippen molar-refractivity contribution in [3.63, 3.8) is 0 Å². The first-order chi connectivity index (χ1) is 16.9. The zero-order valence-corrected chi connectivity index (χ0v) is 19.7. The van der Waals surface area contributed by atoms with E-state index < -0.39 is 5.60 Å². The second kappa shape index (κ2) is 8.16. The van der Waals surface area contributed by atoms with E-state index in [9.17, 15) is 5.11 Å². The highest BCUT2D eigenvalue weighted by Gasteiger charge is 2.43. The van der Waals surface area contributed by atoms with Gasteiger partial charge in [-0.2, -0.15) is 4.68 Å². The molecule has 3 heterocycles. The third kappa shape index (κ3) is 3.65. The smallest absolute Gasteiger partial charge is 0.164 e. The van der Waals surface area contributed by atoms with Crippen LogP contribution in [0.2, 0.25) is 10.2 Å². The number of hydrogen-bond acceptors (Lipinski definition) is 7. The fourth-order valence-corrected chi connectivity index (χ4v) is 4.89. The number of nitrogens with one attached hydrogen (secondary N) is 1. The molecule has 0 aliphatic heterocycles. The average Bonchev–Trinajstić information content (AvgIpc) is 3.60. The van der Waals surface area contributed by atoms with Crippen LogP contribution in [-0.4, -0.2) is 40.3 Å². The van der Waals surface area contributed by atoms with E-state index in [1.54, 1.807) is 29.1 Å². The first kappa shape index (κ1) is 21.7. The normalized spacial score (nSPS) is 17.0. The molecule has 174 valence electrons. The number of imidazole rings is 1. The summed E-state index contributed by atoms with van der Waals surface area (Å²) in [6, 6.07) is 14.7. The number of nitrogens with zero attached hydrogens (tertiary/aromatic N) is 6. The quantitative estimate of drug-likeness (QED) is 0.312. The molecular formula is C24H18Cl2N8O. The largest absolute Gasteiger partial charge is 0.399 e. The number of nitrogen functional groups attached to an aromatic ring is 1. The van der Waals surface area contributed by atoms with E-state index in [1.807, 2.05) is 30.3 Å². The van der Waals surface area contributed by atoms with Crippen molar-refractivity contribution in [2.24, 2.45) is 0 Å². The summed E-state index contributed by atoms with van der Waals surface area (Å²) < 4.78 is 1.57. The van der Waals surface area contributed by atoms with Crippen molar-refractivity contribution in [1.82, 2.24) is 35.2 Å². The van der Waals surface area contributed by atoms with Crippen LogP contribution in [0.25, 0.3) is 28.1 Å². The molecule has 0 unspecified atom stereocenters. The van der Waals surface area contributed by atoms with Crippen molar-refractivity contribution in [2.45, 2.75) is 18.4 Å². The molecule has 11 heteroatoms. The van der Waals surface area contributed by atoms with Crippen LogP contribution in [-0.2, 0) is 12.0 Å². The van der Waals surface area contributed by atoms with Crippen LogP contribution < -0.4 is 5.73 Å². The van der Waals surface area contributed by atoms with Crippen LogP contribution in [0.5, 0.6) is 0 Å². The Labute approximate surface area is 209 Å². The van der Waals surface area contributed by atoms with Crippen molar-refractivity contribution in [1.29, 1.82) is 0 Å². The molecule has 0 saturated carbocycles. The van der Waals surface area contributed by atoms with Crippen molar-refractivity contribution in [3.8, 4) is 28.1 Å². The molecule has 1 atom stereocenters. The molecule has 5 aromatic rings. The molecule has 3 aromatic heterocycles. The van der Waals surface area contributed by atoms with E-state index in [2.05, 4.69) is 30.5 Å². The SMILES string of the molecule is Nc1ccc(-c2nc([C@]3(O)CCc4cc(-c5cc(Cl)ccc5-n5cnnn5)cnc43)[nH]c2Cl)cc1. The third-order valence-electron chi connectivity index (χ3n) is 6.22. The fraction of sp³-hybridized carbons (Fsp3) is 0.125. The number of anilines is 1. The molecule has 6 rings (SSSR count). The number of benzene rings is 2. The van der Waals surface area contributed by atoms with E-state index in [0.29, 0.717) is 45.9 Å². The summed E-state index contributed by atoms with van der Waals surface area (Å²) in [5.74, 6) is 0.352. The predicted molar refractivity (Wildman–Crippen MR) is 132 cm³/mol. The summed E-state index contributed by atoms with van der Waals surface area (Å²) in [7, 11) is 0. The minimum atomic E-state index is -1.39.